The summed E-state index contributed by atoms with van der Waals surface area (Å²) in [6, 6.07) is 7.38. The number of hydrogen-bond acceptors (Lipinski definition) is 5. The van der Waals surface area contributed by atoms with Crippen LogP contribution >= 0.6 is 11.6 Å². The van der Waals surface area contributed by atoms with Gasteiger partial charge in [0.05, 0.1) is 17.1 Å². The van der Waals surface area contributed by atoms with Gasteiger partial charge >= 0.3 is 0 Å². The van der Waals surface area contributed by atoms with Gasteiger partial charge in [-0.15, -0.1) is 0 Å². The number of nitrogens with zero attached hydrogens (tertiary/aromatic N) is 1. The highest BCUT2D eigenvalue weighted by molar-refractivity contribution is 7.92. The third-order valence-corrected chi connectivity index (χ3v) is 11.9. The molecule has 0 saturated heterocycles. The molecule has 1 saturated carbocycles. The van der Waals surface area contributed by atoms with E-state index in [4.69, 9.17) is 16.3 Å². The lowest BCUT2D eigenvalue weighted by Gasteiger charge is -2.50. The minimum absolute atomic E-state index is 0.0403. The number of benzene rings is 2. The lowest BCUT2D eigenvalue weighted by molar-refractivity contribution is 0.0769. The Hall–Kier alpha value is -1.79. The van der Waals surface area contributed by atoms with E-state index in [1.54, 1.807) is 13.8 Å². The molecule has 0 bridgehead atoms. The van der Waals surface area contributed by atoms with Crippen molar-refractivity contribution in [1.29, 1.82) is 0 Å². The van der Waals surface area contributed by atoms with Crippen LogP contribution < -0.4 is 9.46 Å². The molecule has 3 atom stereocenters. The maximum Gasteiger partial charge on any atom is 0.279 e. The van der Waals surface area contributed by atoms with Crippen molar-refractivity contribution in [2.45, 2.75) is 42.8 Å². The van der Waals surface area contributed by atoms with E-state index in [1.165, 1.54) is 28.6 Å². The van der Waals surface area contributed by atoms with Gasteiger partial charge in [-0.25, -0.2) is 21.9 Å². The zero-order valence-electron chi connectivity index (χ0n) is 20.0. The van der Waals surface area contributed by atoms with E-state index in [0.717, 1.165) is 12.1 Å². The maximum atomic E-state index is 15.4. The Labute approximate surface area is 215 Å². The third-order valence-electron chi connectivity index (χ3n) is 7.36. The fourth-order valence-electron chi connectivity index (χ4n) is 5.62. The predicted octanol–water partition coefficient (Wildman–Crippen LogP) is 4.27. The molecule has 1 N–H and O–H groups in total. The first-order chi connectivity index (χ1) is 17.0. The number of hydrogen-bond donors (Lipinski definition) is 1. The summed E-state index contributed by atoms with van der Waals surface area (Å²) in [5.41, 5.74) is -0.329. The summed E-state index contributed by atoms with van der Waals surface area (Å²) in [5, 5.41) is 0.333. The van der Waals surface area contributed by atoms with Crippen LogP contribution in [0.4, 0.5) is 8.78 Å². The van der Waals surface area contributed by atoms with Gasteiger partial charge in [0.15, 0.2) is 21.4 Å². The van der Waals surface area contributed by atoms with E-state index < -0.39 is 54.0 Å². The Morgan fingerprint density at radius 1 is 1.06 bits per heavy atom. The van der Waals surface area contributed by atoms with Crippen LogP contribution in [0.3, 0.4) is 0 Å². The number of nitrogens with one attached hydrogen (secondary N) is 1. The Balaban J connectivity index is 1.85. The molecule has 2 aromatic carbocycles. The summed E-state index contributed by atoms with van der Waals surface area (Å²) in [7, 11) is -8.10. The first-order valence-electron chi connectivity index (χ1n) is 11.9. The molecule has 1 fully saturated rings. The van der Waals surface area contributed by atoms with Crippen LogP contribution in [0.15, 0.2) is 41.3 Å². The van der Waals surface area contributed by atoms with Gasteiger partial charge < -0.3 is 4.74 Å². The molecule has 0 spiro atoms. The van der Waals surface area contributed by atoms with Gasteiger partial charge in [0, 0.05) is 30.6 Å². The van der Waals surface area contributed by atoms with E-state index in [0.29, 0.717) is 17.9 Å². The SMILES string of the molecule is CCN(CC)S(=O)(=O)NC[C@@H]1CCC[C@@]2(S(=O)(=O)c3ccc(Cl)cc3)c3c(F)ccc(F)c3OC[C@@H]12. The minimum atomic E-state index is -4.30. The number of ether oxygens (including phenoxy) is 1. The predicted molar refractivity (Wildman–Crippen MR) is 133 cm³/mol. The highest BCUT2D eigenvalue weighted by Crippen LogP contribution is 2.58. The van der Waals surface area contributed by atoms with Crippen molar-refractivity contribution in [3.05, 3.63) is 58.6 Å². The van der Waals surface area contributed by atoms with Crippen molar-refractivity contribution >= 4 is 31.6 Å². The number of sulfone groups is 1. The summed E-state index contributed by atoms with van der Waals surface area (Å²) < 4.78 is 92.0. The molecule has 198 valence electrons. The van der Waals surface area contributed by atoms with Crippen LogP contribution in [-0.2, 0) is 24.8 Å². The minimum Gasteiger partial charge on any atom is -0.490 e. The van der Waals surface area contributed by atoms with Crippen LogP contribution in [-0.4, -0.2) is 47.4 Å². The maximum absolute atomic E-state index is 15.4. The zero-order chi connectivity index (χ0) is 26.3. The summed E-state index contributed by atoms with van der Waals surface area (Å²) in [6.45, 7) is 3.73. The van der Waals surface area contributed by atoms with Crippen LogP contribution in [0.2, 0.25) is 5.02 Å². The first kappa shape index (κ1) is 27.3. The molecule has 0 amide bonds. The number of halogens is 3. The topological polar surface area (TPSA) is 92.8 Å². The third kappa shape index (κ3) is 4.42. The van der Waals surface area contributed by atoms with Gasteiger partial charge in [0.2, 0.25) is 0 Å². The van der Waals surface area contributed by atoms with Crippen LogP contribution in [0.25, 0.3) is 0 Å². The zero-order valence-corrected chi connectivity index (χ0v) is 22.4. The van der Waals surface area contributed by atoms with Crippen molar-refractivity contribution in [2.24, 2.45) is 11.8 Å². The van der Waals surface area contributed by atoms with Crippen molar-refractivity contribution in [3.63, 3.8) is 0 Å². The van der Waals surface area contributed by atoms with Crippen LogP contribution in [0.5, 0.6) is 5.75 Å². The molecular weight excluding hydrogens is 534 g/mol. The van der Waals surface area contributed by atoms with Crippen molar-refractivity contribution < 1.29 is 30.4 Å². The van der Waals surface area contributed by atoms with E-state index in [9.17, 15) is 21.2 Å². The molecule has 2 aliphatic rings. The van der Waals surface area contributed by atoms with Crippen molar-refractivity contribution in [3.8, 4) is 5.75 Å². The summed E-state index contributed by atoms with van der Waals surface area (Å²) >= 11 is 5.97. The lowest BCUT2D eigenvalue weighted by atomic mass is 9.67. The molecule has 1 heterocycles. The van der Waals surface area contributed by atoms with Gasteiger partial charge in [-0.2, -0.15) is 12.7 Å². The second-order valence-electron chi connectivity index (χ2n) is 9.09. The Bertz CT molecular complexity index is 1340. The molecule has 12 heteroatoms. The standard InChI is InChI=1S/C24H29ClF2N2O5S2/c1-3-29(4-2)36(32,33)28-14-16-6-5-13-24(35(30,31)18-9-7-17(25)8-10-18)19(16)15-34-23-21(27)12-11-20(26)22(23)24/h7-12,16,19,28H,3-6,13-15H2,1-2H3/t16-,19-,24-/m0/s1. The molecule has 7 nitrogen and oxygen atoms in total. The summed E-state index contributed by atoms with van der Waals surface area (Å²) in [6.07, 6.45) is 0.911. The van der Waals surface area contributed by atoms with Crippen LogP contribution in [0, 0.1) is 23.5 Å². The second-order valence-corrected chi connectivity index (χ2v) is 13.5. The molecule has 1 aliphatic heterocycles. The van der Waals surface area contributed by atoms with Gasteiger partial charge in [-0.05, 0) is 55.2 Å². The molecular formula is C24H29ClF2N2O5S2. The Morgan fingerprint density at radius 3 is 2.33 bits per heavy atom. The smallest absolute Gasteiger partial charge is 0.279 e. The largest absolute Gasteiger partial charge is 0.490 e. The number of fused-ring (bicyclic) bond motifs is 3. The molecule has 0 radical (unpaired) electrons. The molecule has 1 aliphatic carbocycles. The molecule has 36 heavy (non-hydrogen) atoms. The van der Waals surface area contributed by atoms with E-state index in [2.05, 4.69) is 4.72 Å². The fourth-order valence-corrected chi connectivity index (χ4v) is 9.48. The quantitative estimate of drug-likeness (QED) is 0.519. The average Bonchev–Trinajstić information content (AvgIpc) is 2.85. The highest BCUT2D eigenvalue weighted by atomic mass is 35.5. The van der Waals surface area contributed by atoms with Gasteiger partial charge in [0.25, 0.3) is 10.2 Å². The monoisotopic (exact) mass is 562 g/mol. The first-order valence-corrected chi connectivity index (χ1v) is 15.2. The van der Waals surface area contributed by atoms with E-state index in [-0.39, 0.29) is 43.1 Å². The van der Waals surface area contributed by atoms with Gasteiger partial charge in [0.1, 0.15) is 10.6 Å². The summed E-state index contributed by atoms with van der Waals surface area (Å²) in [5.74, 6) is -3.46. The normalized spacial score (nSPS) is 24.2. The Morgan fingerprint density at radius 2 is 1.69 bits per heavy atom. The molecule has 4 rings (SSSR count). The van der Waals surface area contributed by atoms with E-state index in [1.807, 2.05) is 0 Å². The van der Waals surface area contributed by atoms with Gasteiger partial charge in [-0.3, -0.25) is 0 Å². The fraction of sp³-hybridized carbons (Fsp3) is 0.500. The molecule has 0 unspecified atom stereocenters. The lowest BCUT2D eigenvalue weighted by Crippen LogP contribution is -2.56. The van der Waals surface area contributed by atoms with E-state index >= 15 is 4.39 Å². The van der Waals surface area contributed by atoms with Crippen molar-refractivity contribution in [1.82, 2.24) is 9.03 Å². The molecule has 0 aromatic heterocycles. The van der Waals surface area contributed by atoms with Gasteiger partial charge in [-0.1, -0.05) is 31.9 Å². The highest BCUT2D eigenvalue weighted by Gasteiger charge is 2.60. The second kappa shape index (κ2) is 10.2. The van der Waals surface area contributed by atoms with Crippen molar-refractivity contribution in [2.75, 3.05) is 26.2 Å². The number of rotatable bonds is 8. The molecule has 2 aromatic rings. The Kier molecular flexibility index (Phi) is 7.70. The summed E-state index contributed by atoms with van der Waals surface area (Å²) in [4.78, 5) is -0.0715. The average molecular weight is 563 g/mol. The van der Waals surface area contributed by atoms with Crippen LogP contribution in [0.1, 0.15) is 38.7 Å².